The van der Waals surface area contributed by atoms with E-state index in [9.17, 15) is 19.2 Å². The van der Waals surface area contributed by atoms with Gasteiger partial charge in [0, 0.05) is 13.0 Å². The first-order valence-electron chi connectivity index (χ1n) is 6.47. The Kier molecular flexibility index (Phi) is 3.94. The minimum atomic E-state index is -0.650. The highest BCUT2D eigenvalue weighted by Crippen LogP contribution is 2.15. The predicted octanol–water partition coefficient (Wildman–Crippen LogP) is -1.08. The molecule has 0 spiro atoms. The van der Waals surface area contributed by atoms with Crippen LogP contribution in [-0.2, 0) is 19.2 Å². The molecule has 0 aromatic rings. The summed E-state index contributed by atoms with van der Waals surface area (Å²) < 4.78 is 0. The van der Waals surface area contributed by atoms with E-state index in [-0.39, 0.29) is 30.6 Å². The molecule has 19 heavy (non-hydrogen) atoms. The highest BCUT2D eigenvalue weighted by Gasteiger charge is 2.40. The number of likely N-dealkylation sites (tertiary alicyclic amines) is 1. The normalized spacial score (nSPS) is 27.9. The van der Waals surface area contributed by atoms with Gasteiger partial charge in [-0.05, 0) is 12.8 Å². The molecule has 2 fully saturated rings. The number of amides is 4. The number of nitrogens with zero attached hydrogens (tertiary/aromatic N) is 1. The lowest BCUT2D eigenvalue weighted by Gasteiger charge is -2.24. The summed E-state index contributed by atoms with van der Waals surface area (Å²) in [5.74, 6) is -1.22. The van der Waals surface area contributed by atoms with Crippen molar-refractivity contribution in [2.75, 3.05) is 6.54 Å². The number of rotatable bonds is 4. The number of piperidine rings is 1. The molecule has 0 aromatic carbocycles. The van der Waals surface area contributed by atoms with Crippen molar-refractivity contribution in [1.29, 1.82) is 0 Å². The molecule has 2 N–H and O–H groups in total. The maximum Gasteiger partial charge on any atom is 0.246 e. The van der Waals surface area contributed by atoms with E-state index in [2.05, 4.69) is 10.6 Å². The third-order valence-electron chi connectivity index (χ3n) is 3.33. The summed E-state index contributed by atoms with van der Waals surface area (Å²) in [6.07, 6.45) is 1.40. The summed E-state index contributed by atoms with van der Waals surface area (Å²) in [7, 11) is 0. The number of hydrogen-bond acceptors (Lipinski definition) is 5. The predicted molar refractivity (Wildman–Crippen MR) is 64.7 cm³/mol. The summed E-state index contributed by atoms with van der Waals surface area (Å²) in [5.41, 5.74) is 0. The smallest absolute Gasteiger partial charge is 0.246 e. The van der Waals surface area contributed by atoms with Crippen molar-refractivity contribution >= 4 is 23.6 Å². The van der Waals surface area contributed by atoms with Gasteiger partial charge in [-0.3, -0.25) is 34.7 Å². The molecule has 2 heterocycles. The Morgan fingerprint density at radius 1 is 1.26 bits per heavy atom. The van der Waals surface area contributed by atoms with E-state index in [4.69, 9.17) is 0 Å². The molecule has 0 radical (unpaired) electrons. The van der Waals surface area contributed by atoms with E-state index in [1.54, 1.807) is 0 Å². The fourth-order valence-electron chi connectivity index (χ4n) is 2.37. The van der Waals surface area contributed by atoms with Crippen LogP contribution in [0.2, 0.25) is 0 Å². The fraction of sp³-hybridized carbons (Fsp3) is 0.667. The van der Waals surface area contributed by atoms with Gasteiger partial charge in [0.05, 0.1) is 18.5 Å². The van der Waals surface area contributed by atoms with Crippen molar-refractivity contribution in [3.63, 3.8) is 0 Å². The molecule has 2 saturated heterocycles. The quantitative estimate of drug-likeness (QED) is 0.632. The SMILES string of the molecule is CCCN1C(=O)CC(NC2CCC(=O)NC2=O)C1=O. The largest absolute Gasteiger partial charge is 0.295 e. The van der Waals surface area contributed by atoms with Crippen LogP contribution in [0.15, 0.2) is 0 Å². The topological polar surface area (TPSA) is 95.6 Å². The molecule has 7 nitrogen and oxygen atoms in total. The van der Waals surface area contributed by atoms with Crippen LogP contribution >= 0.6 is 0 Å². The number of imide groups is 2. The molecule has 2 atom stereocenters. The Morgan fingerprint density at radius 2 is 2.00 bits per heavy atom. The maximum atomic E-state index is 12.0. The molecule has 4 amide bonds. The Morgan fingerprint density at radius 3 is 2.63 bits per heavy atom. The highest BCUT2D eigenvalue weighted by atomic mass is 16.2. The summed E-state index contributed by atoms with van der Waals surface area (Å²) in [6.45, 7) is 2.30. The molecule has 2 aliphatic heterocycles. The van der Waals surface area contributed by atoms with Crippen molar-refractivity contribution in [1.82, 2.24) is 15.5 Å². The molecular weight excluding hydrogens is 250 g/mol. The zero-order valence-electron chi connectivity index (χ0n) is 10.8. The van der Waals surface area contributed by atoms with Gasteiger partial charge in [0.1, 0.15) is 0 Å². The van der Waals surface area contributed by atoms with Gasteiger partial charge in [0.25, 0.3) is 0 Å². The second kappa shape index (κ2) is 5.48. The van der Waals surface area contributed by atoms with E-state index in [0.29, 0.717) is 19.4 Å². The highest BCUT2D eigenvalue weighted by molar-refractivity contribution is 6.06. The van der Waals surface area contributed by atoms with Crippen molar-refractivity contribution in [2.24, 2.45) is 0 Å². The third kappa shape index (κ3) is 2.81. The van der Waals surface area contributed by atoms with Gasteiger partial charge in [0.15, 0.2) is 0 Å². The molecule has 7 heteroatoms. The third-order valence-corrected chi connectivity index (χ3v) is 3.33. The first-order valence-corrected chi connectivity index (χ1v) is 6.47. The van der Waals surface area contributed by atoms with Crippen LogP contribution in [0.1, 0.15) is 32.6 Å². The number of hydrogen-bond donors (Lipinski definition) is 2. The van der Waals surface area contributed by atoms with Gasteiger partial charge in [0.2, 0.25) is 23.6 Å². The van der Waals surface area contributed by atoms with Crippen LogP contribution in [0.4, 0.5) is 0 Å². The average Bonchev–Trinajstić information content (AvgIpc) is 2.61. The number of carbonyl (C=O) groups is 4. The molecule has 0 aromatic heterocycles. The lowest BCUT2D eigenvalue weighted by Crippen LogP contribution is -2.54. The van der Waals surface area contributed by atoms with Crippen LogP contribution in [0.25, 0.3) is 0 Å². The van der Waals surface area contributed by atoms with Gasteiger partial charge < -0.3 is 0 Å². The Balaban J connectivity index is 1.97. The second-order valence-electron chi connectivity index (χ2n) is 4.81. The fourth-order valence-corrected chi connectivity index (χ4v) is 2.37. The first-order chi connectivity index (χ1) is 9.02. The van der Waals surface area contributed by atoms with Gasteiger partial charge in [-0.1, -0.05) is 6.92 Å². The van der Waals surface area contributed by atoms with Crippen LogP contribution < -0.4 is 10.6 Å². The van der Waals surface area contributed by atoms with Crippen molar-refractivity contribution in [2.45, 2.75) is 44.7 Å². The lowest BCUT2D eigenvalue weighted by molar-refractivity contribution is -0.138. The van der Waals surface area contributed by atoms with Crippen molar-refractivity contribution in [3.8, 4) is 0 Å². The van der Waals surface area contributed by atoms with Crippen molar-refractivity contribution < 1.29 is 19.2 Å². The van der Waals surface area contributed by atoms with Gasteiger partial charge >= 0.3 is 0 Å². The standard InChI is InChI=1S/C12H17N3O4/c1-2-5-15-10(17)6-8(12(15)19)13-7-3-4-9(16)14-11(7)18/h7-8,13H,2-6H2,1H3,(H,14,16,18). The maximum absolute atomic E-state index is 12.0. The van der Waals surface area contributed by atoms with E-state index in [1.165, 1.54) is 4.90 Å². The summed E-state index contributed by atoms with van der Waals surface area (Å²) in [5, 5.41) is 5.10. The summed E-state index contributed by atoms with van der Waals surface area (Å²) in [6, 6.07) is -1.23. The molecular formula is C12H17N3O4. The molecule has 0 saturated carbocycles. The Hall–Kier alpha value is -1.76. The monoisotopic (exact) mass is 267 g/mol. The summed E-state index contributed by atoms with van der Waals surface area (Å²) >= 11 is 0. The molecule has 0 aliphatic carbocycles. The van der Waals surface area contributed by atoms with E-state index < -0.39 is 18.0 Å². The zero-order chi connectivity index (χ0) is 14.0. The van der Waals surface area contributed by atoms with Crippen LogP contribution in [0, 0.1) is 0 Å². The molecule has 0 bridgehead atoms. The van der Waals surface area contributed by atoms with Crippen LogP contribution in [0.3, 0.4) is 0 Å². The van der Waals surface area contributed by atoms with Gasteiger partial charge in [-0.2, -0.15) is 0 Å². The molecule has 2 aliphatic rings. The second-order valence-corrected chi connectivity index (χ2v) is 4.81. The summed E-state index contributed by atoms with van der Waals surface area (Å²) in [4.78, 5) is 47.5. The minimum Gasteiger partial charge on any atom is -0.295 e. The molecule has 104 valence electrons. The Labute approximate surface area is 110 Å². The van der Waals surface area contributed by atoms with E-state index in [1.807, 2.05) is 6.92 Å². The van der Waals surface area contributed by atoms with Gasteiger partial charge in [-0.25, -0.2) is 0 Å². The lowest BCUT2D eigenvalue weighted by atomic mass is 10.0. The van der Waals surface area contributed by atoms with E-state index >= 15 is 0 Å². The Bertz CT molecular complexity index is 435. The molecule has 2 rings (SSSR count). The minimum absolute atomic E-state index is 0.0799. The first kappa shape index (κ1) is 13.7. The van der Waals surface area contributed by atoms with Crippen LogP contribution in [0.5, 0.6) is 0 Å². The zero-order valence-corrected chi connectivity index (χ0v) is 10.8. The number of carbonyl (C=O) groups excluding carboxylic acids is 4. The van der Waals surface area contributed by atoms with Crippen LogP contribution in [-0.4, -0.2) is 47.2 Å². The van der Waals surface area contributed by atoms with Crippen molar-refractivity contribution in [3.05, 3.63) is 0 Å². The van der Waals surface area contributed by atoms with Gasteiger partial charge in [-0.15, -0.1) is 0 Å². The average molecular weight is 267 g/mol. The molecule has 2 unspecified atom stereocenters. The number of nitrogens with one attached hydrogen (secondary N) is 2. The van der Waals surface area contributed by atoms with E-state index in [0.717, 1.165) is 0 Å².